The third-order valence-corrected chi connectivity index (χ3v) is 5.99. The summed E-state index contributed by atoms with van der Waals surface area (Å²) < 4.78 is 6.18. The van der Waals surface area contributed by atoms with Crippen molar-refractivity contribution in [2.45, 2.75) is 63.8 Å². The van der Waals surface area contributed by atoms with Crippen LogP contribution < -0.4 is 0 Å². The molecule has 0 saturated carbocycles. The predicted molar refractivity (Wildman–Crippen MR) is 99.1 cm³/mol. The number of carbonyl (C=O) groups is 3. The molecule has 3 fully saturated rings. The Balaban J connectivity index is 0.000000706. The normalized spacial score (nSPS) is 28.2. The maximum Gasteiger partial charge on any atom is 0.290 e. The van der Waals surface area contributed by atoms with Crippen molar-refractivity contribution >= 4 is 18.3 Å². The summed E-state index contributed by atoms with van der Waals surface area (Å²) in [5.41, 5.74) is 0.554. The molecule has 2 amide bonds. The van der Waals surface area contributed by atoms with Crippen LogP contribution in [0.25, 0.3) is 0 Å². The number of amides is 2. The van der Waals surface area contributed by atoms with Crippen LogP contribution in [-0.4, -0.2) is 74.4 Å². The first-order valence-electron chi connectivity index (χ1n) is 9.75. The number of nitrogens with zero attached hydrogens (tertiary/aromatic N) is 3. The Labute approximate surface area is 164 Å². The van der Waals surface area contributed by atoms with Gasteiger partial charge in [0.2, 0.25) is 11.8 Å². The van der Waals surface area contributed by atoms with Gasteiger partial charge in [0.15, 0.2) is 5.72 Å². The fourth-order valence-corrected chi connectivity index (χ4v) is 4.67. The van der Waals surface area contributed by atoms with Crippen molar-refractivity contribution in [3.8, 4) is 0 Å². The van der Waals surface area contributed by atoms with Crippen molar-refractivity contribution in [1.29, 1.82) is 0 Å². The SMILES string of the molecule is CC(C)[C@@H]1CO[C@@]23CCN(C(=O)CCCc4cn[nH]c4)[C@@H]2CC(=O)N13.O=CO. The largest absolute Gasteiger partial charge is 0.483 e. The molecule has 3 saturated heterocycles. The second kappa shape index (κ2) is 8.30. The molecule has 3 atom stereocenters. The van der Waals surface area contributed by atoms with Crippen molar-refractivity contribution in [2.24, 2.45) is 5.92 Å². The number of H-pyrrole nitrogens is 1. The highest BCUT2D eigenvalue weighted by molar-refractivity contribution is 5.85. The molecule has 2 N–H and O–H groups in total. The van der Waals surface area contributed by atoms with E-state index in [4.69, 9.17) is 14.6 Å². The van der Waals surface area contributed by atoms with Crippen LogP contribution in [0.3, 0.4) is 0 Å². The number of carboxylic acid groups (broad SMARTS) is 1. The average molecular weight is 392 g/mol. The molecule has 0 unspecified atom stereocenters. The summed E-state index contributed by atoms with van der Waals surface area (Å²) in [6.45, 7) is 5.27. The zero-order valence-corrected chi connectivity index (χ0v) is 16.3. The quantitative estimate of drug-likeness (QED) is 0.723. The Morgan fingerprint density at radius 2 is 2.29 bits per heavy atom. The van der Waals surface area contributed by atoms with Crippen LogP contribution in [-0.2, 0) is 25.5 Å². The summed E-state index contributed by atoms with van der Waals surface area (Å²) in [5.74, 6) is 0.635. The Kier molecular flexibility index (Phi) is 6.02. The first kappa shape index (κ1) is 20.3. The smallest absolute Gasteiger partial charge is 0.290 e. The number of aryl methyl sites for hydroxylation is 1. The highest BCUT2D eigenvalue weighted by Crippen LogP contribution is 2.48. The standard InChI is InChI=1S/C18H26N4O3.CH2O2/c1-12(2)14-11-25-18-6-7-21(15(18)8-17(24)22(14)18)16(23)5-3-4-13-9-19-20-10-13;2-1-3/h9-10,12,14-15H,3-8,11H2,1-2H3,(H,19,20);1H,(H,2,3)/t14-,15+,18-;/m0./s1. The Hall–Kier alpha value is -2.42. The molecule has 9 heteroatoms. The number of carbonyl (C=O) groups excluding carboxylic acids is 2. The van der Waals surface area contributed by atoms with Gasteiger partial charge >= 0.3 is 0 Å². The number of likely N-dealkylation sites (tertiary alicyclic amines) is 1. The molecule has 4 rings (SSSR count). The number of hydrogen-bond donors (Lipinski definition) is 2. The monoisotopic (exact) mass is 392 g/mol. The third kappa shape index (κ3) is 3.50. The van der Waals surface area contributed by atoms with Crippen molar-refractivity contribution in [1.82, 2.24) is 20.0 Å². The highest BCUT2D eigenvalue weighted by atomic mass is 16.5. The minimum atomic E-state index is -0.563. The summed E-state index contributed by atoms with van der Waals surface area (Å²) in [4.78, 5) is 37.6. The van der Waals surface area contributed by atoms with E-state index in [9.17, 15) is 9.59 Å². The molecule has 28 heavy (non-hydrogen) atoms. The van der Waals surface area contributed by atoms with E-state index in [0.29, 0.717) is 31.9 Å². The minimum Gasteiger partial charge on any atom is -0.483 e. The molecule has 0 radical (unpaired) electrons. The van der Waals surface area contributed by atoms with Crippen molar-refractivity contribution in [2.75, 3.05) is 13.2 Å². The van der Waals surface area contributed by atoms with Gasteiger partial charge in [-0.3, -0.25) is 19.5 Å². The van der Waals surface area contributed by atoms with Crippen LogP contribution in [0.5, 0.6) is 0 Å². The lowest BCUT2D eigenvalue weighted by Crippen LogP contribution is -2.51. The van der Waals surface area contributed by atoms with E-state index in [2.05, 4.69) is 24.0 Å². The second-order valence-corrected chi connectivity index (χ2v) is 7.85. The number of rotatable bonds is 5. The molecule has 9 nitrogen and oxygen atoms in total. The first-order chi connectivity index (χ1) is 13.4. The molecule has 4 heterocycles. The molecular formula is C19H28N4O5. The van der Waals surface area contributed by atoms with Crippen LogP contribution in [0.2, 0.25) is 0 Å². The van der Waals surface area contributed by atoms with Crippen molar-refractivity contribution in [3.05, 3.63) is 18.0 Å². The number of ether oxygens (including phenoxy) is 1. The number of nitrogens with one attached hydrogen (secondary N) is 1. The van der Waals surface area contributed by atoms with E-state index in [1.165, 1.54) is 0 Å². The van der Waals surface area contributed by atoms with Crippen LogP contribution in [0.1, 0.15) is 45.1 Å². The highest BCUT2D eigenvalue weighted by Gasteiger charge is 2.65. The van der Waals surface area contributed by atoms with E-state index in [-0.39, 0.29) is 30.4 Å². The molecule has 1 aromatic rings. The molecule has 1 aromatic heterocycles. The molecule has 154 valence electrons. The molecule has 1 spiro atoms. The molecule has 3 aliphatic heterocycles. The Morgan fingerprint density at radius 3 is 2.93 bits per heavy atom. The molecular weight excluding hydrogens is 364 g/mol. The van der Waals surface area contributed by atoms with Gasteiger partial charge in [0.05, 0.1) is 31.3 Å². The van der Waals surface area contributed by atoms with Gasteiger partial charge in [-0.1, -0.05) is 13.8 Å². The van der Waals surface area contributed by atoms with Gasteiger partial charge in [0.1, 0.15) is 0 Å². The number of aromatic nitrogens is 2. The summed E-state index contributed by atoms with van der Waals surface area (Å²) >= 11 is 0. The second-order valence-electron chi connectivity index (χ2n) is 7.85. The summed E-state index contributed by atoms with van der Waals surface area (Å²) in [5, 5.41) is 13.6. The van der Waals surface area contributed by atoms with Crippen LogP contribution in [0.4, 0.5) is 0 Å². The number of hydrogen-bond acceptors (Lipinski definition) is 5. The topological polar surface area (TPSA) is 116 Å². The van der Waals surface area contributed by atoms with Crippen molar-refractivity contribution in [3.63, 3.8) is 0 Å². The lowest BCUT2D eigenvalue weighted by atomic mass is 10.0. The summed E-state index contributed by atoms with van der Waals surface area (Å²) in [6, 6.07) is 0.0128. The Bertz CT molecular complexity index is 707. The van der Waals surface area contributed by atoms with Gasteiger partial charge in [0.25, 0.3) is 6.47 Å². The lowest BCUT2D eigenvalue weighted by molar-refractivity contribution is -0.141. The van der Waals surface area contributed by atoms with Crippen LogP contribution >= 0.6 is 0 Å². The van der Waals surface area contributed by atoms with E-state index in [1.54, 1.807) is 6.20 Å². The predicted octanol–water partition coefficient (Wildman–Crippen LogP) is 1.02. The summed E-state index contributed by atoms with van der Waals surface area (Å²) in [7, 11) is 0. The summed E-state index contributed by atoms with van der Waals surface area (Å²) in [6.07, 6.45) is 6.92. The first-order valence-corrected chi connectivity index (χ1v) is 9.75. The molecule has 0 aliphatic carbocycles. The lowest BCUT2D eigenvalue weighted by Gasteiger charge is -2.34. The van der Waals surface area contributed by atoms with E-state index >= 15 is 0 Å². The molecule has 3 aliphatic rings. The maximum atomic E-state index is 12.7. The van der Waals surface area contributed by atoms with E-state index in [0.717, 1.165) is 24.8 Å². The van der Waals surface area contributed by atoms with Gasteiger partial charge in [-0.15, -0.1) is 0 Å². The van der Waals surface area contributed by atoms with Crippen molar-refractivity contribution < 1.29 is 24.2 Å². The van der Waals surface area contributed by atoms with Crippen LogP contribution in [0.15, 0.2) is 12.4 Å². The van der Waals surface area contributed by atoms with Gasteiger partial charge in [-0.2, -0.15) is 5.10 Å². The van der Waals surface area contributed by atoms with Gasteiger partial charge in [-0.05, 0) is 24.3 Å². The zero-order chi connectivity index (χ0) is 20.3. The van der Waals surface area contributed by atoms with E-state index < -0.39 is 5.72 Å². The minimum absolute atomic E-state index is 0.120. The fourth-order valence-electron chi connectivity index (χ4n) is 4.67. The molecule has 0 bridgehead atoms. The fraction of sp³-hybridized carbons (Fsp3) is 0.684. The van der Waals surface area contributed by atoms with Crippen LogP contribution in [0, 0.1) is 5.92 Å². The maximum absolute atomic E-state index is 12.7. The third-order valence-electron chi connectivity index (χ3n) is 5.99. The Morgan fingerprint density at radius 1 is 1.54 bits per heavy atom. The zero-order valence-electron chi connectivity index (χ0n) is 16.3. The number of aromatic amines is 1. The average Bonchev–Trinajstić information content (AvgIpc) is 3.38. The van der Waals surface area contributed by atoms with E-state index in [1.807, 2.05) is 16.0 Å². The van der Waals surface area contributed by atoms with Gasteiger partial charge in [0, 0.05) is 25.6 Å². The molecule has 0 aromatic carbocycles. The van der Waals surface area contributed by atoms with Gasteiger partial charge < -0.3 is 19.6 Å². The van der Waals surface area contributed by atoms with Gasteiger partial charge in [-0.25, -0.2) is 0 Å².